The fourth-order valence-electron chi connectivity index (χ4n) is 3.43. The van der Waals surface area contributed by atoms with Gasteiger partial charge in [0.25, 0.3) is 11.8 Å². The number of thiazole rings is 1. The fourth-order valence-corrected chi connectivity index (χ4v) is 4.09. The van der Waals surface area contributed by atoms with E-state index < -0.39 is 11.8 Å². The lowest BCUT2D eigenvalue weighted by Crippen LogP contribution is -2.27. The number of hydrogen-bond donors (Lipinski definition) is 2. The molecule has 4 aromatic heterocycles. The van der Waals surface area contributed by atoms with E-state index in [1.54, 1.807) is 29.1 Å². The van der Waals surface area contributed by atoms with Crippen LogP contribution in [-0.2, 0) is 13.6 Å². The molecule has 1 aromatic carbocycles. The summed E-state index contributed by atoms with van der Waals surface area (Å²) in [6, 6.07) is 13.3. The van der Waals surface area contributed by atoms with Crippen molar-refractivity contribution in [2.24, 2.45) is 7.05 Å². The lowest BCUT2D eigenvalue weighted by atomic mass is 10.2. The summed E-state index contributed by atoms with van der Waals surface area (Å²) in [5.74, 6) is -0.319. The Kier molecular flexibility index (Phi) is 5.74. The first-order valence-electron chi connectivity index (χ1n) is 10.4. The van der Waals surface area contributed by atoms with Gasteiger partial charge in [-0.2, -0.15) is 15.3 Å². The Balaban J connectivity index is 1.33. The number of hydrogen-bond acceptors (Lipinski definition) is 8. The highest BCUT2D eigenvalue weighted by Crippen LogP contribution is 2.19. The van der Waals surface area contributed by atoms with Gasteiger partial charge in [0.1, 0.15) is 22.6 Å². The highest BCUT2D eigenvalue weighted by molar-refractivity contribution is 7.09. The zero-order valence-electron chi connectivity index (χ0n) is 18.3. The van der Waals surface area contributed by atoms with Crippen molar-refractivity contribution in [3.8, 4) is 17.3 Å². The summed E-state index contributed by atoms with van der Waals surface area (Å²) in [4.78, 5) is 38.8. The van der Waals surface area contributed by atoms with Gasteiger partial charge in [-0.15, -0.1) is 11.3 Å². The first-order valence-corrected chi connectivity index (χ1v) is 11.3. The van der Waals surface area contributed by atoms with E-state index in [1.807, 2.05) is 42.6 Å². The number of rotatable bonds is 6. The molecule has 11 nitrogen and oxygen atoms in total. The Bertz CT molecular complexity index is 1590. The number of nitriles is 1. The number of nitrogens with one attached hydrogen (secondary N) is 2. The molecule has 0 aliphatic carbocycles. The van der Waals surface area contributed by atoms with E-state index in [4.69, 9.17) is 5.26 Å². The van der Waals surface area contributed by atoms with Gasteiger partial charge in [0.2, 0.25) is 5.78 Å². The number of aromatic nitrogens is 6. The predicted octanol–water partition coefficient (Wildman–Crippen LogP) is 2.64. The molecule has 12 heteroatoms. The van der Waals surface area contributed by atoms with Gasteiger partial charge in [-0.1, -0.05) is 30.3 Å². The largest absolute Gasteiger partial charge is 0.345 e. The van der Waals surface area contributed by atoms with Gasteiger partial charge in [-0.3, -0.25) is 18.7 Å². The molecule has 35 heavy (non-hydrogen) atoms. The number of carbonyl (C=O) groups excluding carboxylic acids is 2. The van der Waals surface area contributed by atoms with Gasteiger partial charge >= 0.3 is 0 Å². The second-order valence-electron chi connectivity index (χ2n) is 7.42. The third-order valence-corrected chi connectivity index (χ3v) is 5.95. The number of aryl methyl sites for hydroxylation is 1. The molecule has 5 aromatic rings. The van der Waals surface area contributed by atoms with Gasteiger partial charge in [0, 0.05) is 30.4 Å². The molecule has 0 aliphatic rings. The Labute approximate surface area is 202 Å². The molecule has 0 saturated heterocycles. The van der Waals surface area contributed by atoms with Crippen LogP contribution in [0.25, 0.3) is 17.0 Å². The second-order valence-corrected chi connectivity index (χ2v) is 8.36. The van der Waals surface area contributed by atoms with Crippen LogP contribution < -0.4 is 10.6 Å². The van der Waals surface area contributed by atoms with Crippen molar-refractivity contribution < 1.29 is 9.59 Å². The summed E-state index contributed by atoms with van der Waals surface area (Å²) in [6.45, 7) is 0.128. The molecule has 2 N–H and O–H groups in total. The summed E-state index contributed by atoms with van der Waals surface area (Å²) >= 11 is 1.27. The molecule has 0 saturated carbocycles. The number of nitrogens with zero attached hydrogens (tertiary/aromatic N) is 7. The average Bonchev–Trinajstić information content (AvgIpc) is 3.60. The van der Waals surface area contributed by atoms with Crippen molar-refractivity contribution in [2.45, 2.75) is 6.54 Å². The number of imidazole rings is 1. The minimum absolute atomic E-state index is 0.0781. The Morgan fingerprint density at radius 3 is 2.71 bits per heavy atom. The van der Waals surface area contributed by atoms with E-state index in [1.165, 1.54) is 22.2 Å². The van der Waals surface area contributed by atoms with Crippen LogP contribution in [0.1, 0.15) is 31.5 Å². The molecular formula is C23H17N9O2S. The van der Waals surface area contributed by atoms with Crippen molar-refractivity contribution in [3.63, 3.8) is 0 Å². The van der Waals surface area contributed by atoms with Gasteiger partial charge < -0.3 is 10.6 Å². The maximum absolute atomic E-state index is 13.0. The molecule has 5 rings (SSSR count). The lowest BCUT2D eigenvalue weighted by molar-refractivity contribution is 0.0936. The quantitative estimate of drug-likeness (QED) is 0.378. The van der Waals surface area contributed by atoms with E-state index in [-0.39, 0.29) is 23.6 Å². The van der Waals surface area contributed by atoms with Crippen LogP contribution in [0.3, 0.4) is 0 Å². The highest BCUT2D eigenvalue weighted by Gasteiger charge is 2.23. The van der Waals surface area contributed by atoms with Crippen LogP contribution in [-0.4, -0.2) is 40.9 Å². The van der Waals surface area contributed by atoms with E-state index in [2.05, 4.69) is 30.7 Å². The monoisotopic (exact) mass is 483 g/mol. The number of benzene rings is 1. The maximum atomic E-state index is 13.0. The molecular weight excluding hydrogens is 466 g/mol. The molecule has 0 radical (unpaired) electrons. The minimum atomic E-state index is -0.539. The van der Waals surface area contributed by atoms with Gasteiger partial charge in [-0.05, 0) is 6.07 Å². The van der Waals surface area contributed by atoms with E-state index in [0.29, 0.717) is 16.5 Å². The Morgan fingerprint density at radius 1 is 1.11 bits per heavy atom. The van der Waals surface area contributed by atoms with Crippen molar-refractivity contribution in [1.29, 1.82) is 5.26 Å². The summed E-state index contributed by atoms with van der Waals surface area (Å²) in [6.07, 6.45) is 4.93. The molecule has 0 atom stereocenters. The lowest BCUT2D eigenvalue weighted by Gasteiger charge is -2.08. The molecule has 172 valence electrons. The minimum Gasteiger partial charge on any atom is -0.345 e. The SMILES string of the molecule is Cn1ncc(C(=O)NCc2nc(C#N)cs2)c1C(=O)Nc1ccn2cc(-c3ccccc3)nc2n1. The average molecular weight is 484 g/mol. The number of amides is 2. The van der Waals surface area contributed by atoms with Crippen LogP contribution in [0.5, 0.6) is 0 Å². The van der Waals surface area contributed by atoms with Crippen molar-refractivity contribution >= 4 is 34.7 Å². The standard InChI is InChI=1S/C23H17N9O2S/c1-31-20(16(10-26-31)21(33)25-11-19-27-15(9-24)13-35-19)22(34)29-18-7-8-32-12-17(28-23(32)30-18)14-5-3-2-4-6-14/h2-8,10,12-13H,11H2,1H3,(H,25,33)(H,28,29,30,34). The normalized spacial score (nSPS) is 10.7. The molecule has 0 aliphatic heterocycles. The summed E-state index contributed by atoms with van der Waals surface area (Å²) in [7, 11) is 1.57. The third kappa shape index (κ3) is 4.48. The van der Waals surface area contributed by atoms with Gasteiger partial charge in [0.05, 0.1) is 24.0 Å². The van der Waals surface area contributed by atoms with Crippen LogP contribution in [0.2, 0.25) is 0 Å². The van der Waals surface area contributed by atoms with Gasteiger partial charge in [0.15, 0.2) is 5.69 Å². The smallest absolute Gasteiger partial charge is 0.275 e. The van der Waals surface area contributed by atoms with Crippen molar-refractivity contribution in [2.75, 3.05) is 5.32 Å². The number of anilines is 1. The van der Waals surface area contributed by atoms with Crippen molar-refractivity contribution in [1.82, 2.24) is 34.4 Å². The topological polar surface area (TPSA) is 143 Å². The molecule has 0 spiro atoms. The van der Waals surface area contributed by atoms with Crippen molar-refractivity contribution in [3.05, 3.63) is 82.3 Å². The first-order chi connectivity index (χ1) is 17.0. The predicted molar refractivity (Wildman–Crippen MR) is 128 cm³/mol. The Hall–Kier alpha value is -4.89. The molecule has 2 amide bonds. The number of carbonyl (C=O) groups is 2. The summed E-state index contributed by atoms with van der Waals surface area (Å²) in [5.41, 5.74) is 2.19. The van der Waals surface area contributed by atoms with Crippen LogP contribution >= 0.6 is 11.3 Å². The maximum Gasteiger partial charge on any atom is 0.275 e. The summed E-state index contributed by atoms with van der Waals surface area (Å²) < 4.78 is 3.08. The zero-order chi connectivity index (χ0) is 24.4. The van der Waals surface area contributed by atoms with Crippen LogP contribution in [0.4, 0.5) is 5.82 Å². The summed E-state index contributed by atoms with van der Waals surface area (Å²) in [5, 5.41) is 20.6. The van der Waals surface area contributed by atoms with Crippen LogP contribution in [0, 0.1) is 11.3 Å². The Morgan fingerprint density at radius 2 is 1.94 bits per heavy atom. The number of fused-ring (bicyclic) bond motifs is 1. The van der Waals surface area contributed by atoms with E-state index in [0.717, 1.165) is 11.3 Å². The molecule has 4 heterocycles. The second kappa shape index (κ2) is 9.16. The molecule has 0 unspecified atom stereocenters. The fraction of sp³-hybridized carbons (Fsp3) is 0.0870. The molecule has 0 bridgehead atoms. The zero-order valence-corrected chi connectivity index (χ0v) is 19.2. The van der Waals surface area contributed by atoms with Crippen LogP contribution in [0.15, 0.2) is 60.4 Å². The highest BCUT2D eigenvalue weighted by atomic mass is 32.1. The third-order valence-electron chi connectivity index (χ3n) is 5.10. The van der Waals surface area contributed by atoms with Gasteiger partial charge in [-0.25, -0.2) is 9.97 Å². The molecule has 0 fully saturated rings. The first kappa shape index (κ1) is 21.9. The van der Waals surface area contributed by atoms with E-state index in [9.17, 15) is 9.59 Å². The van der Waals surface area contributed by atoms with E-state index >= 15 is 0 Å².